The van der Waals surface area contributed by atoms with Crippen LogP contribution in [0.5, 0.6) is 17.4 Å². The lowest BCUT2D eigenvalue weighted by Gasteiger charge is -2.07. The molecule has 30 heavy (non-hydrogen) atoms. The van der Waals surface area contributed by atoms with Crippen LogP contribution in [-0.2, 0) is 0 Å². The van der Waals surface area contributed by atoms with Gasteiger partial charge in [0, 0.05) is 22.9 Å². The third-order valence-corrected chi connectivity index (χ3v) is 4.40. The van der Waals surface area contributed by atoms with Crippen LogP contribution in [0.15, 0.2) is 91.0 Å². The molecule has 1 aromatic heterocycles. The molecule has 0 atom stereocenters. The summed E-state index contributed by atoms with van der Waals surface area (Å²) in [5, 5.41) is 11.2. The summed E-state index contributed by atoms with van der Waals surface area (Å²) >= 11 is 0. The molecule has 0 saturated carbocycles. The van der Waals surface area contributed by atoms with E-state index in [0.717, 1.165) is 11.3 Å². The molecule has 148 valence electrons. The minimum Gasteiger partial charge on any atom is -0.497 e. The monoisotopic (exact) mass is 397 g/mol. The molecule has 0 bridgehead atoms. The number of para-hydroxylation sites is 1. The van der Waals surface area contributed by atoms with Crippen molar-refractivity contribution < 1.29 is 14.3 Å². The van der Waals surface area contributed by atoms with Gasteiger partial charge in [-0.3, -0.25) is 4.79 Å². The maximum atomic E-state index is 12.4. The van der Waals surface area contributed by atoms with Crippen LogP contribution >= 0.6 is 0 Å². The van der Waals surface area contributed by atoms with E-state index in [2.05, 4.69) is 15.5 Å². The first-order chi connectivity index (χ1) is 14.7. The number of nitrogens with one attached hydrogen (secondary N) is 1. The third kappa shape index (κ3) is 4.62. The first-order valence-corrected chi connectivity index (χ1v) is 9.34. The maximum absolute atomic E-state index is 12.4. The Balaban J connectivity index is 1.41. The lowest BCUT2D eigenvalue weighted by molar-refractivity contribution is 0.102. The third-order valence-electron chi connectivity index (χ3n) is 4.40. The second-order valence-corrected chi connectivity index (χ2v) is 6.43. The zero-order valence-corrected chi connectivity index (χ0v) is 16.3. The quantitative estimate of drug-likeness (QED) is 0.484. The fourth-order valence-corrected chi connectivity index (χ4v) is 2.81. The number of amides is 1. The van der Waals surface area contributed by atoms with E-state index in [-0.39, 0.29) is 5.91 Å². The highest BCUT2D eigenvalue weighted by molar-refractivity contribution is 6.04. The van der Waals surface area contributed by atoms with Crippen LogP contribution in [0.25, 0.3) is 11.3 Å². The first kappa shape index (κ1) is 19.1. The molecule has 4 rings (SSSR count). The Labute approximate surface area is 174 Å². The van der Waals surface area contributed by atoms with Crippen LogP contribution < -0.4 is 14.8 Å². The van der Waals surface area contributed by atoms with Gasteiger partial charge in [-0.25, -0.2) is 0 Å². The number of nitrogens with zero attached hydrogens (tertiary/aromatic N) is 2. The Hall–Kier alpha value is -4.19. The number of carbonyl (C=O) groups excluding carboxylic acids is 1. The van der Waals surface area contributed by atoms with Gasteiger partial charge < -0.3 is 14.8 Å². The molecule has 0 fully saturated rings. The number of rotatable bonds is 6. The van der Waals surface area contributed by atoms with Gasteiger partial charge in [0.1, 0.15) is 11.5 Å². The molecule has 0 radical (unpaired) electrons. The molecule has 6 nitrogen and oxygen atoms in total. The van der Waals surface area contributed by atoms with Crippen LogP contribution in [0, 0.1) is 0 Å². The van der Waals surface area contributed by atoms with Gasteiger partial charge in [-0.1, -0.05) is 30.3 Å². The van der Waals surface area contributed by atoms with Crippen LogP contribution in [0.4, 0.5) is 5.69 Å². The molecule has 6 heteroatoms. The van der Waals surface area contributed by atoms with E-state index >= 15 is 0 Å². The molecule has 0 unspecified atom stereocenters. The minimum absolute atomic E-state index is 0.190. The molecule has 0 aliphatic heterocycles. The average Bonchev–Trinajstić information content (AvgIpc) is 2.81. The number of hydrogen-bond acceptors (Lipinski definition) is 5. The second kappa shape index (κ2) is 8.87. The molecular formula is C24H19N3O3. The van der Waals surface area contributed by atoms with E-state index in [4.69, 9.17) is 9.47 Å². The Kier molecular flexibility index (Phi) is 5.66. The number of carbonyl (C=O) groups is 1. The van der Waals surface area contributed by atoms with Crippen molar-refractivity contribution in [3.63, 3.8) is 0 Å². The normalized spacial score (nSPS) is 10.3. The van der Waals surface area contributed by atoms with Crippen molar-refractivity contribution in [1.29, 1.82) is 0 Å². The van der Waals surface area contributed by atoms with Crippen LogP contribution in [0.1, 0.15) is 10.4 Å². The lowest BCUT2D eigenvalue weighted by Crippen LogP contribution is -2.11. The van der Waals surface area contributed by atoms with E-state index in [1.54, 1.807) is 49.6 Å². The molecule has 1 N–H and O–H groups in total. The molecule has 1 heterocycles. The van der Waals surface area contributed by atoms with E-state index < -0.39 is 0 Å². The molecule has 0 saturated heterocycles. The Morgan fingerprint density at radius 1 is 0.767 bits per heavy atom. The largest absolute Gasteiger partial charge is 0.497 e. The predicted octanol–water partition coefficient (Wildman–Crippen LogP) is 5.20. The zero-order chi connectivity index (χ0) is 20.8. The zero-order valence-electron chi connectivity index (χ0n) is 16.3. The molecule has 4 aromatic rings. The van der Waals surface area contributed by atoms with E-state index in [1.165, 1.54) is 0 Å². The highest BCUT2D eigenvalue weighted by Gasteiger charge is 2.08. The summed E-state index contributed by atoms with van der Waals surface area (Å²) in [6.07, 6.45) is 0. The SMILES string of the molecule is COc1ccc(NC(=O)c2ccc(-c3ccc(Oc4ccccc4)nn3)cc2)cc1. The summed E-state index contributed by atoms with van der Waals surface area (Å²) in [5.41, 5.74) is 2.79. The van der Waals surface area contributed by atoms with Gasteiger partial charge in [0.2, 0.25) is 5.88 Å². The summed E-state index contributed by atoms with van der Waals surface area (Å²) in [5.74, 6) is 1.66. The summed E-state index contributed by atoms with van der Waals surface area (Å²) < 4.78 is 10.8. The molecule has 3 aromatic carbocycles. The minimum atomic E-state index is -0.190. The van der Waals surface area contributed by atoms with Crippen LogP contribution in [0.2, 0.25) is 0 Å². The predicted molar refractivity (Wildman–Crippen MR) is 115 cm³/mol. The van der Waals surface area contributed by atoms with Gasteiger partial charge in [-0.15, -0.1) is 10.2 Å². The van der Waals surface area contributed by atoms with Gasteiger partial charge in [-0.2, -0.15) is 0 Å². The van der Waals surface area contributed by atoms with Crippen molar-refractivity contribution in [3.8, 4) is 28.6 Å². The Morgan fingerprint density at radius 3 is 2.13 bits per heavy atom. The number of aromatic nitrogens is 2. The number of benzene rings is 3. The van der Waals surface area contributed by atoms with Gasteiger partial charge in [0.15, 0.2) is 0 Å². The molecule has 0 aliphatic rings. The Morgan fingerprint density at radius 2 is 1.50 bits per heavy atom. The standard InChI is InChI=1S/C24H19N3O3/c1-29-20-13-11-19(12-14-20)25-24(28)18-9-7-17(8-10-18)22-15-16-23(27-26-22)30-21-5-3-2-4-6-21/h2-16H,1H3,(H,25,28). The number of anilines is 1. The van der Waals surface area contributed by atoms with Crippen molar-refractivity contribution >= 4 is 11.6 Å². The molecule has 0 aliphatic carbocycles. The fourth-order valence-electron chi connectivity index (χ4n) is 2.81. The van der Waals surface area contributed by atoms with E-state index in [9.17, 15) is 4.79 Å². The molecule has 0 spiro atoms. The lowest BCUT2D eigenvalue weighted by atomic mass is 10.1. The van der Waals surface area contributed by atoms with Crippen LogP contribution in [0.3, 0.4) is 0 Å². The smallest absolute Gasteiger partial charge is 0.255 e. The summed E-state index contributed by atoms with van der Waals surface area (Å²) in [7, 11) is 1.60. The van der Waals surface area contributed by atoms with E-state index in [1.807, 2.05) is 48.5 Å². The highest BCUT2D eigenvalue weighted by atomic mass is 16.5. The Bertz CT molecular complexity index is 1110. The highest BCUT2D eigenvalue weighted by Crippen LogP contribution is 2.22. The van der Waals surface area contributed by atoms with Gasteiger partial charge in [0.05, 0.1) is 12.8 Å². The number of ether oxygens (including phenoxy) is 2. The first-order valence-electron chi connectivity index (χ1n) is 9.34. The second-order valence-electron chi connectivity index (χ2n) is 6.43. The van der Waals surface area contributed by atoms with Gasteiger partial charge >= 0.3 is 0 Å². The molecular weight excluding hydrogens is 378 g/mol. The van der Waals surface area contributed by atoms with Crippen molar-refractivity contribution in [2.24, 2.45) is 0 Å². The molecule has 1 amide bonds. The number of hydrogen-bond donors (Lipinski definition) is 1. The maximum Gasteiger partial charge on any atom is 0.255 e. The van der Waals surface area contributed by atoms with E-state index in [0.29, 0.717) is 28.6 Å². The summed E-state index contributed by atoms with van der Waals surface area (Å²) in [4.78, 5) is 12.4. The topological polar surface area (TPSA) is 73.3 Å². The van der Waals surface area contributed by atoms with Crippen molar-refractivity contribution in [2.75, 3.05) is 12.4 Å². The van der Waals surface area contributed by atoms with Gasteiger partial charge in [0.25, 0.3) is 5.91 Å². The fraction of sp³-hybridized carbons (Fsp3) is 0.0417. The van der Waals surface area contributed by atoms with Crippen molar-refractivity contribution in [2.45, 2.75) is 0 Å². The number of methoxy groups -OCH3 is 1. The summed E-state index contributed by atoms with van der Waals surface area (Å²) in [6.45, 7) is 0. The van der Waals surface area contributed by atoms with Gasteiger partial charge in [-0.05, 0) is 54.6 Å². The summed E-state index contributed by atoms with van der Waals surface area (Å²) in [6, 6.07) is 27.4. The average molecular weight is 397 g/mol. The van der Waals surface area contributed by atoms with Crippen LogP contribution in [-0.4, -0.2) is 23.2 Å². The van der Waals surface area contributed by atoms with Crippen molar-refractivity contribution in [1.82, 2.24) is 10.2 Å². The van der Waals surface area contributed by atoms with Crippen molar-refractivity contribution in [3.05, 3.63) is 96.6 Å².